The zero-order chi connectivity index (χ0) is 12.4. The van der Waals surface area contributed by atoms with Crippen molar-refractivity contribution < 1.29 is 0 Å². The summed E-state index contributed by atoms with van der Waals surface area (Å²) in [5.41, 5.74) is 3.81. The number of nitrogens with zero attached hydrogens (tertiary/aromatic N) is 1. The molecule has 0 atom stereocenters. The number of para-hydroxylation sites is 1. The third-order valence-electron chi connectivity index (χ3n) is 3.49. The monoisotopic (exact) mass is 257 g/mol. The van der Waals surface area contributed by atoms with Crippen LogP contribution >= 0.6 is 11.6 Å². The molecule has 1 aliphatic rings. The summed E-state index contributed by atoms with van der Waals surface area (Å²) in [6, 6.07) is 16.7. The third-order valence-corrected chi connectivity index (χ3v) is 3.72. The summed E-state index contributed by atoms with van der Waals surface area (Å²) in [5, 5.41) is 0.795. The van der Waals surface area contributed by atoms with Gasteiger partial charge < -0.3 is 4.90 Å². The Bertz CT molecular complexity index is 544. The first kappa shape index (κ1) is 11.6. The highest BCUT2D eigenvalue weighted by Gasteiger charge is 2.15. The number of hydrogen-bond donors (Lipinski definition) is 0. The normalized spacial score (nSPS) is 15.1. The Hall–Kier alpha value is -1.47. The van der Waals surface area contributed by atoms with Crippen LogP contribution in [0.2, 0.25) is 5.02 Å². The highest BCUT2D eigenvalue weighted by Crippen LogP contribution is 2.33. The highest BCUT2D eigenvalue weighted by molar-refractivity contribution is 6.30. The summed E-state index contributed by atoms with van der Waals surface area (Å²) >= 11 is 6.09. The minimum Gasteiger partial charge on any atom is -0.371 e. The van der Waals surface area contributed by atoms with Crippen LogP contribution in [0.5, 0.6) is 0 Å². The molecule has 2 aromatic carbocycles. The van der Waals surface area contributed by atoms with Crippen molar-refractivity contribution in [1.29, 1.82) is 0 Å². The molecule has 2 aromatic rings. The zero-order valence-corrected chi connectivity index (χ0v) is 11.0. The van der Waals surface area contributed by atoms with Crippen LogP contribution in [0.1, 0.15) is 12.8 Å². The van der Waals surface area contributed by atoms with Crippen LogP contribution in [0, 0.1) is 0 Å². The van der Waals surface area contributed by atoms with E-state index in [-0.39, 0.29) is 0 Å². The summed E-state index contributed by atoms with van der Waals surface area (Å²) in [7, 11) is 0. The molecule has 0 amide bonds. The lowest BCUT2D eigenvalue weighted by atomic mass is 10.0. The molecule has 0 bridgehead atoms. The number of anilines is 1. The lowest BCUT2D eigenvalue weighted by Crippen LogP contribution is -2.18. The minimum atomic E-state index is 0.795. The Morgan fingerprint density at radius 1 is 0.889 bits per heavy atom. The van der Waals surface area contributed by atoms with Crippen molar-refractivity contribution in [3.05, 3.63) is 53.6 Å². The van der Waals surface area contributed by atoms with Crippen LogP contribution in [-0.4, -0.2) is 13.1 Å². The summed E-state index contributed by atoms with van der Waals surface area (Å²) in [6.45, 7) is 2.33. The molecule has 1 heterocycles. The van der Waals surface area contributed by atoms with Gasteiger partial charge in [-0.05, 0) is 36.6 Å². The highest BCUT2D eigenvalue weighted by atomic mass is 35.5. The molecule has 1 fully saturated rings. The Labute approximate surface area is 113 Å². The third kappa shape index (κ3) is 2.23. The Morgan fingerprint density at radius 3 is 2.44 bits per heavy atom. The van der Waals surface area contributed by atoms with E-state index in [1.807, 2.05) is 18.2 Å². The van der Waals surface area contributed by atoms with Gasteiger partial charge in [-0.15, -0.1) is 0 Å². The number of halogens is 1. The maximum atomic E-state index is 6.09. The van der Waals surface area contributed by atoms with Gasteiger partial charge in [-0.3, -0.25) is 0 Å². The molecule has 0 saturated carbocycles. The lowest BCUT2D eigenvalue weighted by Gasteiger charge is -2.21. The van der Waals surface area contributed by atoms with E-state index < -0.39 is 0 Å². The van der Waals surface area contributed by atoms with Crippen LogP contribution in [0.25, 0.3) is 11.1 Å². The lowest BCUT2D eigenvalue weighted by molar-refractivity contribution is 0.949. The molecule has 0 aromatic heterocycles. The van der Waals surface area contributed by atoms with Gasteiger partial charge in [0, 0.05) is 29.4 Å². The number of benzene rings is 2. The van der Waals surface area contributed by atoms with Crippen molar-refractivity contribution in [2.75, 3.05) is 18.0 Å². The van der Waals surface area contributed by atoms with Gasteiger partial charge in [0.2, 0.25) is 0 Å². The van der Waals surface area contributed by atoms with Crippen molar-refractivity contribution in [3.8, 4) is 11.1 Å². The van der Waals surface area contributed by atoms with E-state index in [1.165, 1.54) is 29.7 Å². The Morgan fingerprint density at radius 2 is 1.67 bits per heavy atom. The first-order valence-corrected chi connectivity index (χ1v) is 6.82. The van der Waals surface area contributed by atoms with E-state index in [1.54, 1.807) is 0 Å². The second-order valence-electron chi connectivity index (χ2n) is 4.72. The summed E-state index contributed by atoms with van der Waals surface area (Å²) < 4.78 is 0. The molecule has 0 spiro atoms. The average Bonchev–Trinajstić information content (AvgIpc) is 2.92. The van der Waals surface area contributed by atoms with E-state index >= 15 is 0 Å². The summed E-state index contributed by atoms with van der Waals surface area (Å²) in [6.07, 6.45) is 2.59. The van der Waals surface area contributed by atoms with Gasteiger partial charge in [0.25, 0.3) is 0 Å². The fourth-order valence-electron chi connectivity index (χ4n) is 2.61. The van der Waals surface area contributed by atoms with Gasteiger partial charge in [-0.2, -0.15) is 0 Å². The summed E-state index contributed by atoms with van der Waals surface area (Å²) in [5.74, 6) is 0. The molecule has 0 aliphatic carbocycles. The number of rotatable bonds is 2. The van der Waals surface area contributed by atoms with Crippen LogP contribution < -0.4 is 4.90 Å². The van der Waals surface area contributed by atoms with Crippen molar-refractivity contribution in [1.82, 2.24) is 0 Å². The fourth-order valence-corrected chi connectivity index (χ4v) is 2.80. The van der Waals surface area contributed by atoms with Gasteiger partial charge in [0.1, 0.15) is 0 Å². The van der Waals surface area contributed by atoms with Crippen molar-refractivity contribution in [3.63, 3.8) is 0 Å². The molecule has 1 saturated heterocycles. The molecule has 2 heteroatoms. The molecule has 92 valence electrons. The molecular weight excluding hydrogens is 242 g/mol. The Balaban J connectivity index is 2.06. The van der Waals surface area contributed by atoms with Crippen LogP contribution in [0.3, 0.4) is 0 Å². The molecule has 3 rings (SSSR count). The van der Waals surface area contributed by atoms with Gasteiger partial charge >= 0.3 is 0 Å². The summed E-state index contributed by atoms with van der Waals surface area (Å²) in [4.78, 5) is 2.47. The smallest absolute Gasteiger partial charge is 0.0445 e. The van der Waals surface area contributed by atoms with E-state index in [0.29, 0.717) is 0 Å². The van der Waals surface area contributed by atoms with Crippen molar-refractivity contribution >= 4 is 17.3 Å². The molecule has 18 heavy (non-hydrogen) atoms. The van der Waals surface area contributed by atoms with Gasteiger partial charge in [0.05, 0.1) is 0 Å². The predicted molar refractivity (Wildman–Crippen MR) is 78.3 cm³/mol. The molecular formula is C16H16ClN. The van der Waals surface area contributed by atoms with Crippen LogP contribution in [0.4, 0.5) is 5.69 Å². The quantitative estimate of drug-likeness (QED) is 0.760. The van der Waals surface area contributed by atoms with Crippen molar-refractivity contribution in [2.24, 2.45) is 0 Å². The second-order valence-corrected chi connectivity index (χ2v) is 5.16. The first-order valence-electron chi connectivity index (χ1n) is 6.44. The first-order chi connectivity index (χ1) is 8.84. The van der Waals surface area contributed by atoms with Gasteiger partial charge in [0.15, 0.2) is 0 Å². The largest absolute Gasteiger partial charge is 0.371 e. The number of hydrogen-bond acceptors (Lipinski definition) is 1. The maximum absolute atomic E-state index is 6.09. The molecule has 0 N–H and O–H groups in total. The maximum Gasteiger partial charge on any atom is 0.0445 e. The van der Waals surface area contributed by atoms with E-state index in [9.17, 15) is 0 Å². The topological polar surface area (TPSA) is 3.24 Å². The fraction of sp³-hybridized carbons (Fsp3) is 0.250. The van der Waals surface area contributed by atoms with E-state index in [2.05, 4.69) is 35.2 Å². The Kier molecular flexibility index (Phi) is 3.24. The zero-order valence-electron chi connectivity index (χ0n) is 10.3. The minimum absolute atomic E-state index is 0.795. The standard InChI is InChI=1S/C16H16ClN/c17-14-7-5-6-13(12-14)15-8-1-2-9-16(15)18-10-3-4-11-18/h1-2,5-9,12H,3-4,10-11H2. The SMILES string of the molecule is Clc1cccc(-c2ccccc2N2CCCC2)c1. The molecule has 1 aliphatic heterocycles. The average molecular weight is 258 g/mol. The second kappa shape index (κ2) is 5.03. The van der Waals surface area contributed by atoms with E-state index in [0.717, 1.165) is 18.1 Å². The van der Waals surface area contributed by atoms with Gasteiger partial charge in [-0.1, -0.05) is 41.9 Å². The van der Waals surface area contributed by atoms with Crippen LogP contribution in [0.15, 0.2) is 48.5 Å². The van der Waals surface area contributed by atoms with Crippen molar-refractivity contribution in [2.45, 2.75) is 12.8 Å². The van der Waals surface area contributed by atoms with Gasteiger partial charge in [-0.25, -0.2) is 0 Å². The molecule has 0 radical (unpaired) electrons. The predicted octanol–water partition coefficient (Wildman–Crippen LogP) is 4.61. The molecule has 1 nitrogen and oxygen atoms in total. The van der Waals surface area contributed by atoms with E-state index in [4.69, 9.17) is 11.6 Å². The molecule has 0 unspecified atom stereocenters. The van der Waals surface area contributed by atoms with Crippen LogP contribution in [-0.2, 0) is 0 Å².